The molecule has 0 spiro atoms. The van der Waals surface area contributed by atoms with E-state index in [0.717, 1.165) is 24.5 Å². The van der Waals surface area contributed by atoms with Crippen molar-refractivity contribution in [3.8, 4) is 0 Å². The van der Waals surface area contributed by atoms with Gasteiger partial charge in [0, 0.05) is 24.0 Å². The number of aliphatic carboxylic acids is 1. The average Bonchev–Trinajstić information content (AvgIpc) is 2.49. The molecular weight excluding hydrogens is 340 g/mol. The fraction of sp³-hybridized carbons (Fsp3) is 0.429. The minimum atomic E-state index is -3.78. The molecule has 0 aromatic heterocycles. The summed E-state index contributed by atoms with van der Waals surface area (Å²) in [5.74, 6) is -2.51. The highest BCUT2D eigenvalue weighted by Crippen LogP contribution is 2.21. The quantitative estimate of drug-likeness (QED) is 0.551. The number of carboxylic acids is 1. The fourth-order valence-corrected chi connectivity index (χ4v) is 2.62. The van der Waals surface area contributed by atoms with Crippen molar-refractivity contribution in [2.75, 3.05) is 6.26 Å². The first-order valence-electron chi connectivity index (χ1n) is 7.00. The Balaban J connectivity index is 3.29. The van der Waals surface area contributed by atoms with Crippen molar-refractivity contribution >= 4 is 27.4 Å². The van der Waals surface area contributed by atoms with E-state index in [-0.39, 0.29) is 11.5 Å². The van der Waals surface area contributed by atoms with E-state index in [1.54, 1.807) is 13.8 Å². The van der Waals surface area contributed by atoms with Crippen molar-refractivity contribution in [2.45, 2.75) is 31.2 Å². The van der Waals surface area contributed by atoms with Crippen molar-refractivity contribution in [3.63, 3.8) is 0 Å². The molecule has 0 heterocycles. The summed E-state index contributed by atoms with van der Waals surface area (Å²) >= 11 is 0. The zero-order valence-electron chi connectivity index (χ0n) is 13.3. The fourth-order valence-electron chi connectivity index (χ4n) is 1.94. The number of non-ortho nitro benzene ring substituents is 1. The zero-order valence-corrected chi connectivity index (χ0v) is 14.2. The molecule has 1 amide bonds. The molecule has 1 rings (SSSR count). The third kappa shape index (κ3) is 4.75. The molecule has 0 saturated carbocycles. The van der Waals surface area contributed by atoms with Crippen LogP contribution in [0.15, 0.2) is 23.1 Å². The van der Waals surface area contributed by atoms with Gasteiger partial charge in [0.15, 0.2) is 9.84 Å². The standard InChI is InChI=1S/C14H18N2O7S/c1-4-8(2)12(14(18)19)15-13(17)9-5-10(16(20)21)7-11(6-9)24(3,22)23/h5-8,12H,4H2,1-3H3,(H,15,17)(H,18,19). The van der Waals surface area contributed by atoms with Gasteiger partial charge in [-0.05, 0) is 12.0 Å². The maximum Gasteiger partial charge on any atom is 0.326 e. The lowest BCUT2D eigenvalue weighted by molar-refractivity contribution is -0.385. The summed E-state index contributed by atoms with van der Waals surface area (Å²) in [4.78, 5) is 33.2. The normalized spacial score (nSPS) is 13.8. The number of sulfone groups is 1. The summed E-state index contributed by atoms with van der Waals surface area (Å²) in [6, 6.07) is 1.53. The van der Waals surface area contributed by atoms with Gasteiger partial charge in [-0.1, -0.05) is 20.3 Å². The number of nitrogens with one attached hydrogen (secondary N) is 1. The van der Waals surface area contributed by atoms with Crippen LogP contribution in [0.2, 0.25) is 0 Å². The molecule has 2 N–H and O–H groups in total. The Hall–Kier alpha value is -2.49. The Morgan fingerprint density at radius 3 is 2.33 bits per heavy atom. The van der Waals surface area contributed by atoms with Gasteiger partial charge >= 0.3 is 5.97 Å². The predicted molar refractivity (Wildman–Crippen MR) is 84.6 cm³/mol. The van der Waals surface area contributed by atoms with Gasteiger partial charge < -0.3 is 10.4 Å². The summed E-state index contributed by atoms with van der Waals surface area (Å²) in [5.41, 5.74) is -0.863. The van der Waals surface area contributed by atoms with E-state index in [0.29, 0.717) is 6.42 Å². The Bertz CT molecular complexity index is 773. The van der Waals surface area contributed by atoms with Crippen LogP contribution in [0.1, 0.15) is 30.6 Å². The topological polar surface area (TPSA) is 144 Å². The summed E-state index contributed by atoms with van der Waals surface area (Å²) in [7, 11) is -3.78. The lowest BCUT2D eigenvalue weighted by Gasteiger charge is -2.20. The van der Waals surface area contributed by atoms with Crippen LogP contribution in [0.25, 0.3) is 0 Å². The number of nitro groups is 1. The molecule has 24 heavy (non-hydrogen) atoms. The Morgan fingerprint density at radius 2 is 1.92 bits per heavy atom. The minimum absolute atomic E-state index is 0.292. The lowest BCUT2D eigenvalue weighted by Crippen LogP contribution is -2.45. The lowest BCUT2D eigenvalue weighted by atomic mass is 9.99. The highest BCUT2D eigenvalue weighted by molar-refractivity contribution is 7.90. The number of amides is 1. The molecule has 1 aromatic carbocycles. The monoisotopic (exact) mass is 358 g/mol. The van der Waals surface area contributed by atoms with Crippen LogP contribution in [-0.4, -0.2) is 42.6 Å². The van der Waals surface area contributed by atoms with E-state index in [1.807, 2.05) is 0 Å². The number of carboxylic acid groups (broad SMARTS) is 1. The molecule has 10 heteroatoms. The van der Waals surface area contributed by atoms with E-state index in [4.69, 9.17) is 0 Å². The summed E-state index contributed by atoms with van der Waals surface area (Å²) in [6.07, 6.45) is 1.34. The molecular formula is C14H18N2O7S. The van der Waals surface area contributed by atoms with Crippen LogP contribution >= 0.6 is 0 Å². The molecule has 0 bridgehead atoms. The van der Waals surface area contributed by atoms with Gasteiger partial charge in [-0.3, -0.25) is 14.9 Å². The first-order valence-corrected chi connectivity index (χ1v) is 8.89. The molecule has 2 atom stereocenters. The van der Waals surface area contributed by atoms with Gasteiger partial charge in [0.2, 0.25) is 0 Å². The van der Waals surface area contributed by atoms with Crippen molar-refractivity contribution < 1.29 is 28.0 Å². The van der Waals surface area contributed by atoms with Gasteiger partial charge in [0.05, 0.1) is 9.82 Å². The van der Waals surface area contributed by atoms with Crippen molar-refractivity contribution in [3.05, 3.63) is 33.9 Å². The SMILES string of the molecule is CCC(C)C(NC(=O)c1cc([N+](=O)[O-])cc(S(C)(=O)=O)c1)C(=O)O. The minimum Gasteiger partial charge on any atom is -0.480 e. The molecule has 0 fully saturated rings. The van der Waals surface area contributed by atoms with Gasteiger partial charge in [-0.25, -0.2) is 13.2 Å². The third-order valence-electron chi connectivity index (χ3n) is 3.56. The van der Waals surface area contributed by atoms with E-state index in [2.05, 4.69) is 5.32 Å². The van der Waals surface area contributed by atoms with Crippen molar-refractivity contribution in [1.82, 2.24) is 5.32 Å². The summed E-state index contributed by atoms with van der Waals surface area (Å²) < 4.78 is 23.2. The molecule has 0 saturated heterocycles. The van der Waals surface area contributed by atoms with Crippen LogP contribution in [0.4, 0.5) is 5.69 Å². The maximum absolute atomic E-state index is 12.2. The summed E-state index contributed by atoms with van der Waals surface area (Å²) in [5, 5.41) is 22.4. The third-order valence-corrected chi connectivity index (χ3v) is 4.65. The molecule has 9 nitrogen and oxygen atoms in total. The predicted octanol–water partition coefficient (Wildman–Crippen LogP) is 1.23. The van der Waals surface area contributed by atoms with Crippen LogP contribution in [0.5, 0.6) is 0 Å². The van der Waals surface area contributed by atoms with Crippen molar-refractivity contribution in [2.24, 2.45) is 5.92 Å². The number of hydrogen-bond donors (Lipinski definition) is 2. The number of nitro benzene ring substituents is 1. The van der Waals surface area contributed by atoms with E-state index < -0.39 is 43.3 Å². The van der Waals surface area contributed by atoms with Gasteiger partial charge in [0.1, 0.15) is 6.04 Å². The highest BCUT2D eigenvalue weighted by Gasteiger charge is 2.27. The van der Waals surface area contributed by atoms with E-state index >= 15 is 0 Å². The molecule has 132 valence electrons. The number of hydrogen-bond acceptors (Lipinski definition) is 6. The zero-order chi connectivity index (χ0) is 18.7. The molecule has 0 radical (unpaired) electrons. The summed E-state index contributed by atoms with van der Waals surface area (Å²) in [6.45, 7) is 3.39. The van der Waals surface area contributed by atoms with Crippen LogP contribution in [0.3, 0.4) is 0 Å². The second-order valence-electron chi connectivity index (χ2n) is 5.42. The number of carbonyl (C=O) groups is 2. The number of nitrogens with zero attached hydrogens (tertiary/aromatic N) is 1. The number of rotatable bonds is 7. The first kappa shape index (κ1) is 19.6. The number of benzene rings is 1. The second kappa shape index (κ2) is 7.39. The maximum atomic E-state index is 12.2. The molecule has 0 aliphatic heterocycles. The Morgan fingerprint density at radius 1 is 1.33 bits per heavy atom. The van der Waals surface area contributed by atoms with Gasteiger partial charge in [-0.2, -0.15) is 0 Å². The largest absolute Gasteiger partial charge is 0.480 e. The molecule has 0 aliphatic carbocycles. The van der Waals surface area contributed by atoms with E-state index in [9.17, 15) is 33.2 Å². The highest BCUT2D eigenvalue weighted by atomic mass is 32.2. The molecule has 0 aliphatic rings. The van der Waals surface area contributed by atoms with Gasteiger partial charge in [-0.15, -0.1) is 0 Å². The van der Waals surface area contributed by atoms with Crippen LogP contribution in [-0.2, 0) is 14.6 Å². The Kier molecular flexibility index (Phi) is 6.02. The number of carbonyl (C=O) groups excluding carboxylic acids is 1. The second-order valence-corrected chi connectivity index (χ2v) is 7.44. The molecule has 1 aromatic rings. The average molecular weight is 358 g/mol. The first-order chi connectivity index (χ1) is 11.0. The Labute approximate surface area is 138 Å². The van der Waals surface area contributed by atoms with Crippen LogP contribution in [0, 0.1) is 16.0 Å². The van der Waals surface area contributed by atoms with Gasteiger partial charge in [0.25, 0.3) is 11.6 Å². The van der Waals surface area contributed by atoms with Crippen LogP contribution < -0.4 is 5.32 Å². The van der Waals surface area contributed by atoms with Crippen molar-refractivity contribution in [1.29, 1.82) is 0 Å². The smallest absolute Gasteiger partial charge is 0.326 e. The van der Waals surface area contributed by atoms with E-state index in [1.165, 1.54) is 0 Å². The molecule has 2 unspecified atom stereocenters.